The molecule has 0 atom stereocenters. The van der Waals surface area contributed by atoms with Crippen LogP contribution in [0.2, 0.25) is 0 Å². The van der Waals surface area contributed by atoms with Crippen LogP contribution in [0.15, 0.2) is 22.7 Å². The summed E-state index contributed by atoms with van der Waals surface area (Å²) in [5.74, 6) is -0.277. The van der Waals surface area contributed by atoms with E-state index in [2.05, 4.69) is 21.2 Å². The Morgan fingerprint density at radius 1 is 1.35 bits per heavy atom. The highest BCUT2D eigenvalue weighted by Gasteiger charge is 2.22. The Kier molecular flexibility index (Phi) is 4.72. The number of rotatable bonds is 3. The van der Waals surface area contributed by atoms with Gasteiger partial charge in [0.15, 0.2) is 0 Å². The lowest BCUT2D eigenvalue weighted by molar-refractivity contribution is -0.385. The number of nitrogens with one attached hydrogen (secondary N) is 1. The van der Waals surface area contributed by atoms with Crippen molar-refractivity contribution in [1.82, 2.24) is 5.32 Å². The van der Waals surface area contributed by atoms with E-state index in [-0.39, 0.29) is 23.7 Å². The second-order valence-corrected chi connectivity index (χ2v) is 5.86. The highest BCUT2D eigenvalue weighted by atomic mass is 79.9. The zero-order valence-corrected chi connectivity index (χ0v) is 12.4. The molecule has 1 aliphatic rings. The predicted octanol–water partition coefficient (Wildman–Crippen LogP) is 2.36. The maximum Gasteiger partial charge on any atom is 0.284 e. The van der Waals surface area contributed by atoms with E-state index in [0.29, 0.717) is 10.0 Å². The number of carbonyl (C=O) groups is 1. The molecule has 1 aliphatic carbocycles. The highest BCUT2D eigenvalue weighted by molar-refractivity contribution is 9.10. The fraction of sp³-hybridized carbons (Fsp3) is 0.462. The molecule has 3 N–H and O–H groups in total. The molecule has 1 amide bonds. The quantitative estimate of drug-likeness (QED) is 0.651. The number of hydrogen-bond donors (Lipinski definition) is 2. The zero-order valence-electron chi connectivity index (χ0n) is 10.8. The van der Waals surface area contributed by atoms with Gasteiger partial charge in [-0.05, 0) is 53.7 Å². The topological polar surface area (TPSA) is 98.3 Å². The molecule has 6 nitrogen and oxygen atoms in total. The molecular weight excluding hydrogens is 326 g/mol. The van der Waals surface area contributed by atoms with Crippen LogP contribution >= 0.6 is 15.9 Å². The summed E-state index contributed by atoms with van der Waals surface area (Å²) in [4.78, 5) is 22.4. The van der Waals surface area contributed by atoms with Gasteiger partial charge in [0.2, 0.25) is 0 Å². The molecule has 0 spiro atoms. The van der Waals surface area contributed by atoms with E-state index in [9.17, 15) is 14.9 Å². The summed E-state index contributed by atoms with van der Waals surface area (Å²) in [5.41, 5.74) is 6.01. The van der Waals surface area contributed by atoms with Gasteiger partial charge in [-0.3, -0.25) is 14.9 Å². The van der Waals surface area contributed by atoms with Gasteiger partial charge in [-0.25, -0.2) is 0 Å². The van der Waals surface area contributed by atoms with Gasteiger partial charge in [-0.15, -0.1) is 0 Å². The largest absolute Gasteiger partial charge is 0.349 e. The number of nitro groups is 1. The summed E-state index contributed by atoms with van der Waals surface area (Å²) >= 11 is 3.10. The first-order valence-electron chi connectivity index (χ1n) is 6.47. The van der Waals surface area contributed by atoms with Crippen molar-refractivity contribution in [2.24, 2.45) is 5.73 Å². The third-order valence-electron chi connectivity index (χ3n) is 3.51. The predicted molar refractivity (Wildman–Crippen MR) is 78.5 cm³/mol. The second-order valence-electron chi connectivity index (χ2n) is 5.01. The Morgan fingerprint density at radius 2 is 2.00 bits per heavy atom. The zero-order chi connectivity index (χ0) is 14.7. The van der Waals surface area contributed by atoms with Crippen LogP contribution in [0.5, 0.6) is 0 Å². The van der Waals surface area contributed by atoms with E-state index < -0.39 is 4.92 Å². The number of nitrogens with zero attached hydrogens (tertiary/aromatic N) is 1. The number of hydrogen-bond acceptors (Lipinski definition) is 4. The SMILES string of the molecule is NC1CCC(NC(=O)c2ccc(Br)c([N+](=O)[O-])c2)CC1. The molecule has 20 heavy (non-hydrogen) atoms. The van der Waals surface area contributed by atoms with Gasteiger partial charge in [-0.1, -0.05) is 0 Å². The van der Waals surface area contributed by atoms with Crippen LogP contribution in [0, 0.1) is 10.1 Å². The molecule has 0 radical (unpaired) electrons. The molecule has 0 bridgehead atoms. The van der Waals surface area contributed by atoms with Gasteiger partial charge in [-0.2, -0.15) is 0 Å². The van der Waals surface area contributed by atoms with Gasteiger partial charge in [0.1, 0.15) is 0 Å². The average Bonchev–Trinajstić information content (AvgIpc) is 2.41. The van der Waals surface area contributed by atoms with E-state index in [0.717, 1.165) is 25.7 Å². The minimum absolute atomic E-state index is 0.102. The van der Waals surface area contributed by atoms with Crippen LogP contribution in [0.3, 0.4) is 0 Å². The third-order valence-corrected chi connectivity index (χ3v) is 4.18. The van der Waals surface area contributed by atoms with Crippen molar-refractivity contribution in [2.75, 3.05) is 0 Å². The minimum Gasteiger partial charge on any atom is -0.349 e. The molecule has 1 fully saturated rings. The Hall–Kier alpha value is -1.47. The fourth-order valence-corrected chi connectivity index (χ4v) is 2.72. The average molecular weight is 342 g/mol. The van der Waals surface area contributed by atoms with Crippen molar-refractivity contribution in [1.29, 1.82) is 0 Å². The molecule has 2 rings (SSSR count). The first kappa shape index (κ1) is 14.9. The second kappa shape index (κ2) is 6.32. The molecule has 1 aromatic carbocycles. The maximum absolute atomic E-state index is 12.1. The van der Waals surface area contributed by atoms with Crippen LogP contribution in [0.25, 0.3) is 0 Å². The number of benzene rings is 1. The summed E-state index contributed by atoms with van der Waals surface area (Å²) in [7, 11) is 0. The minimum atomic E-state index is -0.513. The molecule has 1 saturated carbocycles. The molecule has 0 aliphatic heterocycles. The number of carbonyl (C=O) groups excluding carboxylic acids is 1. The molecule has 0 aromatic heterocycles. The van der Waals surface area contributed by atoms with E-state index in [4.69, 9.17) is 5.73 Å². The Bertz CT molecular complexity index is 528. The molecule has 1 aromatic rings. The smallest absolute Gasteiger partial charge is 0.284 e. The molecule has 7 heteroatoms. The lowest BCUT2D eigenvalue weighted by Crippen LogP contribution is -2.40. The molecule has 0 unspecified atom stereocenters. The lowest BCUT2D eigenvalue weighted by atomic mass is 9.91. The van der Waals surface area contributed by atoms with E-state index in [1.54, 1.807) is 6.07 Å². The van der Waals surface area contributed by atoms with E-state index >= 15 is 0 Å². The van der Waals surface area contributed by atoms with Crippen molar-refractivity contribution in [3.8, 4) is 0 Å². The molecular formula is C13H16BrN3O3. The van der Waals surface area contributed by atoms with Gasteiger partial charge in [0, 0.05) is 23.7 Å². The van der Waals surface area contributed by atoms with Crippen molar-refractivity contribution in [2.45, 2.75) is 37.8 Å². The summed E-state index contributed by atoms with van der Waals surface area (Å²) in [6.45, 7) is 0. The van der Waals surface area contributed by atoms with Gasteiger partial charge < -0.3 is 11.1 Å². The lowest BCUT2D eigenvalue weighted by Gasteiger charge is -2.26. The third kappa shape index (κ3) is 3.55. The summed E-state index contributed by atoms with van der Waals surface area (Å²) in [6, 6.07) is 4.70. The standard InChI is InChI=1S/C13H16BrN3O3/c14-11-6-1-8(7-12(11)17(19)20)13(18)16-10-4-2-9(15)3-5-10/h1,6-7,9-10H,2-5,15H2,(H,16,18). The number of amides is 1. The van der Waals surface area contributed by atoms with Gasteiger partial charge >= 0.3 is 0 Å². The summed E-state index contributed by atoms with van der Waals surface area (Å²) in [6.07, 6.45) is 3.49. The number of nitrogens with two attached hydrogens (primary N) is 1. The fourth-order valence-electron chi connectivity index (χ4n) is 2.33. The molecule has 0 saturated heterocycles. The summed E-state index contributed by atoms with van der Waals surface area (Å²) < 4.78 is 0.364. The van der Waals surface area contributed by atoms with Crippen LogP contribution in [-0.2, 0) is 0 Å². The maximum atomic E-state index is 12.1. The van der Waals surface area contributed by atoms with Crippen LogP contribution < -0.4 is 11.1 Å². The Labute approximate surface area is 125 Å². The van der Waals surface area contributed by atoms with Crippen LogP contribution in [-0.4, -0.2) is 22.9 Å². The first-order chi connectivity index (χ1) is 9.47. The van der Waals surface area contributed by atoms with Crippen molar-refractivity contribution in [3.05, 3.63) is 38.3 Å². The van der Waals surface area contributed by atoms with Crippen LogP contribution in [0.4, 0.5) is 5.69 Å². The van der Waals surface area contributed by atoms with Crippen LogP contribution in [0.1, 0.15) is 36.0 Å². The van der Waals surface area contributed by atoms with Gasteiger partial charge in [0.25, 0.3) is 11.6 Å². The number of nitro benzene ring substituents is 1. The summed E-state index contributed by atoms with van der Waals surface area (Å²) in [5, 5.41) is 13.8. The Balaban J connectivity index is 2.06. The van der Waals surface area contributed by atoms with E-state index in [1.807, 2.05) is 0 Å². The normalized spacial score (nSPS) is 22.3. The molecule has 0 heterocycles. The highest BCUT2D eigenvalue weighted by Crippen LogP contribution is 2.26. The van der Waals surface area contributed by atoms with Crippen molar-refractivity contribution < 1.29 is 9.72 Å². The van der Waals surface area contributed by atoms with E-state index in [1.165, 1.54) is 12.1 Å². The Morgan fingerprint density at radius 3 is 2.60 bits per heavy atom. The monoisotopic (exact) mass is 341 g/mol. The molecule has 108 valence electrons. The van der Waals surface area contributed by atoms with Crippen molar-refractivity contribution >= 4 is 27.5 Å². The van der Waals surface area contributed by atoms with Gasteiger partial charge in [0.05, 0.1) is 9.40 Å². The number of halogens is 1. The van der Waals surface area contributed by atoms with Crippen molar-refractivity contribution in [3.63, 3.8) is 0 Å². The first-order valence-corrected chi connectivity index (χ1v) is 7.27.